The molecular weight excluding hydrogens is 247 g/mol. The van der Waals surface area contributed by atoms with Gasteiger partial charge in [-0.2, -0.15) is 0 Å². The van der Waals surface area contributed by atoms with E-state index in [2.05, 4.69) is 0 Å². The Bertz CT molecular complexity index is 435. The fourth-order valence-electron chi connectivity index (χ4n) is 1.64. The third-order valence-corrected chi connectivity index (χ3v) is 2.83. The van der Waals surface area contributed by atoms with Gasteiger partial charge < -0.3 is 15.4 Å². The van der Waals surface area contributed by atoms with Crippen molar-refractivity contribution in [1.29, 1.82) is 0 Å². The van der Waals surface area contributed by atoms with Gasteiger partial charge in [0.05, 0.1) is 0 Å². The maximum Gasteiger partial charge on any atom is 0.260 e. The molecule has 0 bridgehead atoms. The SMILES string of the molecule is CCN(C)C(=O)COc1c(F)cccc1CC(C)N. The molecule has 106 valence electrons. The van der Waals surface area contributed by atoms with E-state index in [1.807, 2.05) is 13.8 Å². The predicted molar refractivity (Wildman–Crippen MR) is 72.6 cm³/mol. The first-order chi connectivity index (χ1) is 8.95. The lowest BCUT2D eigenvalue weighted by Crippen LogP contribution is -2.31. The highest BCUT2D eigenvalue weighted by atomic mass is 19.1. The summed E-state index contributed by atoms with van der Waals surface area (Å²) in [6, 6.07) is 4.59. The fourth-order valence-corrected chi connectivity index (χ4v) is 1.64. The minimum atomic E-state index is -0.467. The predicted octanol–water partition coefficient (Wildman–Crippen LogP) is 1.57. The van der Waals surface area contributed by atoms with Crippen molar-refractivity contribution in [3.05, 3.63) is 29.6 Å². The lowest BCUT2D eigenvalue weighted by molar-refractivity contribution is -0.131. The summed E-state index contributed by atoms with van der Waals surface area (Å²) in [4.78, 5) is 13.2. The van der Waals surface area contributed by atoms with Gasteiger partial charge in [0.15, 0.2) is 18.2 Å². The first kappa shape index (κ1) is 15.4. The van der Waals surface area contributed by atoms with Crippen molar-refractivity contribution in [3.8, 4) is 5.75 Å². The molecule has 0 aliphatic heterocycles. The van der Waals surface area contributed by atoms with Crippen molar-refractivity contribution in [3.63, 3.8) is 0 Å². The van der Waals surface area contributed by atoms with Gasteiger partial charge in [0.1, 0.15) is 0 Å². The van der Waals surface area contributed by atoms with Crippen molar-refractivity contribution in [2.24, 2.45) is 5.73 Å². The molecule has 0 saturated heterocycles. The second kappa shape index (κ2) is 7.09. The molecule has 0 heterocycles. The van der Waals surface area contributed by atoms with E-state index < -0.39 is 5.82 Å². The van der Waals surface area contributed by atoms with E-state index in [-0.39, 0.29) is 24.3 Å². The number of nitrogens with zero attached hydrogens (tertiary/aromatic N) is 1. The molecule has 0 fully saturated rings. The highest BCUT2D eigenvalue weighted by molar-refractivity contribution is 5.77. The van der Waals surface area contributed by atoms with Crippen molar-refractivity contribution < 1.29 is 13.9 Å². The van der Waals surface area contributed by atoms with E-state index in [9.17, 15) is 9.18 Å². The molecule has 0 aliphatic rings. The fraction of sp³-hybridized carbons (Fsp3) is 0.500. The van der Waals surface area contributed by atoms with Gasteiger partial charge in [-0.1, -0.05) is 12.1 Å². The Hall–Kier alpha value is -1.62. The van der Waals surface area contributed by atoms with Crippen LogP contribution in [0.3, 0.4) is 0 Å². The molecule has 1 amide bonds. The van der Waals surface area contributed by atoms with Crippen LogP contribution in [0.25, 0.3) is 0 Å². The Morgan fingerprint density at radius 1 is 1.53 bits per heavy atom. The zero-order valence-electron chi connectivity index (χ0n) is 11.6. The van der Waals surface area contributed by atoms with Gasteiger partial charge in [0.2, 0.25) is 0 Å². The lowest BCUT2D eigenvalue weighted by atomic mass is 10.1. The van der Waals surface area contributed by atoms with E-state index >= 15 is 0 Å². The van der Waals surface area contributed by atoms with Gasteiger partial charge in [-0.3, -0.25) is 4.79 Å². The Morgan fingerprint density at radius 3 is 2.79 bits per heavy atom. The van der Waals surface area contributed by atoms with Crippen LogP contribution in [0, 0.1) is 5.82 Å². The molecule has 1 aromatic rings. The highest BCUT2D eigenvalue weighted by Crippen LogP contribution is 2.23. The standard InChI is InChI=1S/C14H21FN2O2/c1-4-17(3)13(18)9-19-14-11(8-10(2)16)6-5-7-12(14)15/h5-7,10H,4,8-9,16H2,1-3H3. The van der Waals surface area contributed by atoms with Crippen LogP contribution >= 0.6 is 0 Å². The largest absolute Gasteiger partial charge is 0.480 e. The summed E-state index contributed by atoms with van der Waals surface area (Å²) in [5, 5.41) is 0. The number of carbonyl (C=O) groups is 1. The van der Waals surface area contributed by atoms with Gasteiger partial charge in [-0.15, -0.1) is 0 Å². The highest BCUT2D eigenvalue weighted by Gasteiger charge is 2.14. The molecule has 0 aromatic heterocycles. The van der Waals surface area contributed by atoms with E-state index in [0.717, 1.165) is 0 Å². The topological polar surface area (TPSA) is 55.6 Å². The normalized spacial score (nSPS) is 12.1. The molecule has 0 aliphatic carbocycles. The molecule has 1 atom stereocenters. The van der Waals surface area contributed by atoms with Crippen LogP contribution in [0.1, 0.15) is 19.4 Å². The summed E-state index contributed by atoms with van der Waals surface area (Å²) in [7, 11) is 1.68. The smallest absolute Gasteiger partial charge is 0.260 e. The molecule has 5 heteroatoms. The third kappa shape index (κ3) is 4.52. The van der Waals surface area contributed by atoms with Gasteiger partial charge in [0, 0.05) is 19.6 Å². The van der Waals surface area contributed by atoms with E-state index in [1.165, 1.54) is 11.0 Å². The quantitative estimate of drug-likeness (QED) is 0.852. The number of hydrogen-bond donors (Lipinski definition) is 1. The average molecular weight is 268 g/mol. The second-order valence-electron chi connectivity index (χ2n) is 4.61. The molecule has 0 radical (unpaired) electrons. The molecule has 19 heavy (non-hydrogen) atoms. The number of rotatable bonds is 6. The maximum absolute atomic E-state index is 13.7. The minimum absolute atomic E-state index is 0.0989. The zero-order valence-corrected chi connectivity index (χ0v) is 11.6. The van der Waals surface area contributed by atoms with Crippen LogP contribution in [-0.2, 0) is 11.2 Å². The molecule has 4 nitrogen and oxygen atoms in total. The summed E-state index contributed by atoms with van der Waals surface area (Å²) in [5.74, 6) is -0.528. The number of likely N-dealkylation sites (N-methyl/N-ethyl adjacent to an activating group) is 1. The Balaban J connectivity index is 2.79. The first-order valence-electron chi connectivity index (χ1n) is 6.35. The summed E-state index contributed by atoms with van der Waals surface area (Å²) in [6.45, 7) is 4.12. The van der Waals surface area contributed by atoms with Crippen molar-refractivity contribution in [2.45, 2.75) is 26.3 Å². The summed E-state index contributed by atoms with van der Waals surface area (Å²) < 4.78 is 19.1. The molecule has 2 N–H and O–H groups in total. The number of para-hydroxylation sites is 1. The monoisotopic (exact) mass is 268 g/mol. The van der Waals surface area contributed by atoms with Crippen LogP contribution < -0.4 is 10.5 Å². The van der Waals surface area contributed by atoms with Crippen LogP contribution in [0.15, 0.2) is 18.2 Å². The number of ether oxygens (including phenoxy) is 1. The maximum atomic E-state index is 13.7. The Kier molecular flexibility index (Phi) is 5.76. The number of halogens is 1. The van der Waals surface area contributed by atoms with Crippen molar-refractivity contribution in [1.82, 2.24) is 4.90 Å². The minimum Gasteiger partial charge on any atom is -0.480 e. The van der Waals surface area contributed by atoms with Crippen LogP contribution in [-0.4, -0.2) is 37.0 Å². The number of nitrogens with two attached hydrogens (primary N) is 1. The third-order valence-electron chi connectivity index (χ3n) is 2.83. The van der Waals surface area contributed by atoms with Gasteiger partial charge >= 0.3 is 0 Å². The lowest BCUT2D eigenvalue weighted by Gasteiger charge is -2.17. The zero-order chi connectivity index (χ0) is 14.4. The molecule has 1 unspecified atom stereocenters. The van der Waals surface area contributed by atoms with E-state index in [4.69, 9.17) is 10.5 Å². The van der Waals surface area contributed by atoms with Crippen molar-refractivity contribution >= 4 is 5.91 Å². The Morgan fingerprint density at radius 2 is 2.21 bits per heavy atom. The van der Waals surface area contributed by atoms with E-state index in [0.29, 0.717) is 18.5 Å². The number of hydrogen-bond acceptors (Lipinski definition) is 3. The van der Waals surface area contributed by atoms with Gasteiger partial charge in [-0.25, -0.2) is 4.39 Å². The number of carbonyl (C=O) groups excluding carboxylic acids is 1. The van der Waals surface area contributed by atoms with Gasteiger partial charge in [-0.05, 0) is 31.9 Å². The summed E-state index contributed by atoms with van der Waals surface area (Å²) >= 11 is 0. The van der Waals surface area contributed by atoms with Crippen LogP contribution in [0.4, 0.5) is 4.39 Å². The molecule has 1 aromatic carbocycles. The van der Waals surface area contributed by atoms with E-state index in [1.54, 1.807) is 19.2 Å². The van der Waals surface area contributed by atoms with Gasteiger partial charge in [0.25, 0.3) is 5.91 Å². The number of amides is 1. The number of benzene rings is 1. The Labute approximate surface area is 113 Å². The first-order valence-corrected chi connectivity index (χ1v) is 6.35. The molecule has 0 saturated carbocycles. The van der Waals surface area contributed by atoms with Crippen LogP contribution in [0.2, 0.25) is 0 Å². The molecule has 1 rings (SSSR count). The average Bonchev–Trinajstić information content (AvgIpc) is 2.36. The molecular formula is C14H21FN2O2. The van der Waals surface area contributed by atoms with Crippen molar-refractivity contribution in [2.75, 3.05) is 20.2 Å². The summed E-state index contributed by atoms with van der Waals surface area (Å²) in [6.07, 6.45) is 0.505. The van der Waals surface area contributed by atoms with Crippen LogP contribution in [0.5, 0.6) is 5.75 Å². The molecule has 0 spiro atoms. The second-order valence-corrected chi connectivity index (χ2v) is 4.61. The summed E-state index contributed by atoms with van der Waals surface area (Å²) in [5.41, 5.74) is 6.40.